The average Bonchev–Trinajstić information content (AvgIpc) is 2.55. The van der Waals surface area contributed by atoms with E-state index in [0.717, 1.165) is 5.56 Å². The number of rotatable bonds is 6. The summed E-state index contributed by atoms with van der Waals surface area (Å²) in [5.74, 6) is 0.545. The molecule has 0 aliphatic rings. The van der Waals surface area contributed by atoms with Crippen molar-refractivity contribution in [2.45, 2.75) is 26.3 Å². The maximum atomic E-state index is 13.1. The minimum absolute atomic E-state index is 0.243. The second-order valence-corrected chi connectivity index (χ2v) is 5.88. The first-order valence-corrected chi connectivity index (χ1v) is 7.76. The van der Waals surface area contributed by atoms with E-state index in [1.54, 1.807) is 37.4 Å². The van der Waals surface area contributed by atoms with Crippen molar-refractivity contribution in [1.82, 2.24) is 5.32 Å². The molecule has 0 fully saturated rings. The molecule has 2 rings (SSSR count). The van der Waals surface area contributed by atoms with Crippen molar-refractivity contribution in [3.05, 3.63) is 59.4 Å². The molecule has 0 bridgehead atoms. The fraction of sp³-hybridized carbons (Fsp3) is 0.316. The van der Waals surface area contributed by atoms with E-state index < -0.39 is 5.54 Å². The second kappa shape index (κ2) is 7.34. The minimum Gasteiger partial charge on any atom is -0.493 e. The highest BCUT2D eigenvalue weighted by atomic mass is 19.1. The Labute approximate surface area is 141 Å². The van der Waals surface area contributed by atoms with Gasteiger partial charge >= 0.3 is 0 Å². The molecule has 0 unspecified atom stereocenters. The van der Waals surface area contributed by atoms with Gasteiger partial charge in [-0.15, -0.1) is 0 Å². The lowest BCUT2D eigenvalue weighted by Crippen LogP contribution is -2.41. The molecule has 2 aromatic rings. The van der Waals surface area contributed by atoms with Crippen LogP contribution >= 0.6 is 0 Å². The van der Waals surface area contributed by atoms with Crippen molar-refractivity contribution in [2.24, 2.45) is 0 Å². The maximum Gasteiger partial charge on any atom is 0.252 e. The summed E-state index contributed by atoms with van der Waals surface area (Å²) >= 11 is 0. The molecular formula is C19H22FNO3. The number of hydrogen-bond donors (Lipinski definition) is 1. The van der Waals surface area contributed by atoms with E-state index in [9.17, 15) is 9.18 Å². The largest absolute Gasteiger partial charge is 0.493 e. The highest BCUT2D eigenvalue weighted by Gasteiger charge is 2.24. The Hall–Kier alpha value is -2.56. The molecular weight excluding hydrogens is 309 g/mol. The van der Waals surface area contributed by atoms with Crippen molar-refractivity contribution in [3.8, 4) is 11.5 Å². The van der Waals surface area contributed by atoms with E-state index in [-0.39, 0.29) is 11.7 Å². The number of ether oxygens (including phenoxy) is 2. The van der Waals surface area contributed by atoms with Gasteiger partial charge in [0, 0.05) is 5.56 Å². The molecule has 0 saturated heterocycles. The van der Waals surface area contributed by atoms with Crippen molar-refractivity contribution in [3.63, 3.8) is 0 Å². The van der Waals surface area contributed by atoms with E-state index in [2.05, 4.69) is 5.32 Å². The number of carbonyl (C=O) groups excluding carboxylic acids is 1. The molecule has 0 atom stereocenters. The van der Waals surface area contributed by atoms with Crippen molar-refractivity contribution < 1.29 is 18.7 Å². The predicted molar refractivity (Wildman–Crippen MR) is 91.1 cm³/mol. The first-order chi connectivity index (χ1) is 11.4. The Morgan fingerprint density at radius 1 is 1.12 bits per heavy atom. The molecule has 24 heavy (non-hydrogen) atoms. The molecule has 0 aliphatic carbocycles. The molecule has 5 heteroatoms. The summed E-state index contributed by atoms with van der Waals surface area (Å²) in [4.78, 5) is 12.6. The molecule has 2 aromatic carbocycles. The summed E-state index contributed by atoms with van der Waals surface area (Å²) in [5, 5.41) is 2.96. The summed E-state index contributed by atoms with van der Waals surface area (Å²) in [5.41, 5.74) is 0.640. The van der Waals surface area contributed by atoms with Gasteiger partial charge in [0.15, 0.2) is 11.5 Å². The zero-order valence-electron chi connectivity index (χ0n) is 14.4. The summed E-state index contributed by atoms with van der Waals surface area (Å²) in [7, 11) is 1.55. The first kappa shape index (κ1) is 17.8. The molecule has 128 valence electrons. The number of benzene rings is 2. The monoisotopic (exact) mass is 331 g/mol. The van der Waals surface area contributed by atoms with E-state index >= 15 is 0 Å². The maximum absolute atomic E-state index is 13.1. The average molecular weight is 331 g/mol. The van der Waals surface area contributed by atoms with Crippen LogP contribution in [0.1, 0.15) is 36.7 Å². The first-order valence-electron chi connectivity index (χ1n) is 7.76. The Bertz CT molecular complexity index is 711. The quantitative estimate of drug-likeness (QED) is 0.873. The molecule has 1 amide bonds. The Kier molecular flexibility index (Phi) is 5.44. The highest BCUT2D eigenvalue weighted by molar-refractivity contribution is 5.95. The van der Waals surface area contributed by atoms with Gasteiger partial charge in [-0.05, 0) is 56.7 Å². The summed E-state index contributed by atoms with van der Waals surface area (Å²) < 4.78 is 23.8. The summed E-state index contributed by atoms with van der Waals surface area (Å²) in [6.07, 6.45) is 0. The number of methoxy groups -OCH3 is 1. The summed E-state index contributed by atoms with van der Waals surface area (Å²) in [6, 6.07) is 11.1. The molecule has 0 aromatic heterocycles. The lowest BCUT2D eigenvalue weighted by molar-refractivity contribution is 0.0911. The number of hydrogen-bond acceptors (Lipinski definition) is 3. The van der Waals surface area contributed by atoms with Gasteiger partial charge in [-0.25, -0.2) is 4.39 Å². The van der Waals surface area contributed by atoms with Gasteiger partial charge in [-0.2, -0.15) is 0 Å². The van der Waals surface area contributed by atoms with Crippen LogP contribution in [0, 0.1) is 5.82 Å². The topological polar surface area (TPSA) is 47.6 Å². The summed E-state index contributed by atoms with van der Waals surface area (Å²) in [6.45, 7) is 6.07. The van der Waals surface area contributed by atoms with Crippen LogP contribution in [0.5, 0.6) is 11.5 Å². The minimum atomic E-state index is -0.642. The van der Waals surface area contributed by atoms with Crippen LogP contribution in [0.25, 0.3) is 0 Å². The molecule has 0 radical (unpaired) electrons. The predicted octanol–water partition coefficient (Wildman–Crippen LogP) is 3.90. The van der Waals surface area contributed by atoms with E-state index in [0.29, 0.717) is 23.7 Å². The van der Waals surface area contributed by atoms with Gasteiger partial charge in [0.25, 0.3) is 5.91 Å². The third kappa shape index (κ3) is 4.04. The van der Waals surface area contributed by atoms with Crippen LogP contribution in [0.2, 0.25) is 0 Å². The Morgan fingerprint density at radius 3 is 2.38 bits per heavy atom. The SMILES string of the molecule is CCOc1cc(C(=O)NC(C)(C)c2ccc(F)cc2)ccc1OC. The number of nitrogens with one attached hydrogen (secondary N) is 1. The van der Waals surface area contributed by atoms with Crippen molar-refractivity contribution in [1.29, 1.82) is 0 Å². The van der Waals surface area contributed by atoms with Crippen LogP contribution in [0.15, 0.2) is 42.5 Å². The molecule has 0 aliphatic heterocycles. The van der Waals surface area contributed by atoms with E-state index in [4.69, 9.17) is 9.47 Å². The van der Waals surface area contributed by atoms with E-state index in [1.165, 1.54) is 12.1 Å². The van der Waals surface area contributed by atoms with E-state index in [1.807, 2.05) is 20.8 Å². The Morgan fingerprint density at radius 2 is 1.79 bits per heavy atom. The highest BCUT2D eigenvalue weighted by Crippen LogP contribution is 2.29. The lowest BCUT2D eigenvalue weighted by Gasteiger charge is -2.27. The Balaban J connectivity index is 2.22. The van der Waals surface area contributed by atoms with Gasteiger partial charge in [0.2, 0.25) is 0 Å². The fourth-order valence-corrected chi connectivity index (χ4v) is 2.38. The number of amides is 1. The van der Waals surface area contributed by atoms with Crippen LogP contribution < -0.4 is 14.8 Å². The van der Waals surface area contributed by atoms with Crippen molar-refractivity contribution in [2.75, 3.05) is 13.7 Å². The van der Waals surface area contributed by atoms with Crippen molar-refractivity contribution >= 4 is 5.91 Å². The van der Waals surface area contributed by atoms with Gasteiger partial charge < -0.3 is 14.8 Å². The normalized spacial score (nSPS) is 11.0. The number of carbonyl (C=O) groups is 1. The molecule has 0 spiro atoms. The third-order valence-electron chi connectivity index (χ3n) is 3.72. The zero-order chi connectivity index (χ0) is 17.7. The second-order valence-electron chi connectivity index (χ2n) is 5.88. The van der Waals surface area contributed by atoms with Crippen LogP contribution in [-0.4, -0.2) is 19.6 Å². The van der Waals surface area contributed by atoms with Crippen LogP contribution in [0.3, 0.4) is 0 Å². The van der Waals surface area contributed by atoms with Crippen LogP contribution in [-0.2, 0) is 5.54 Å². The molecule has 1 N–H and O–H groups in total. The lowest BCUT2D eigenvalue weighted by atomic mass is 9.94. The van der Waals surface area contributed by atoms with Gasteiger partial charge in [-0.1, -0.05) is 12.1 Å². The molecule has 0 heterocycles. The molecule has 0 saturated carbocycles. The van der Waals surface area contributed by atoms with Gasteiger partial charge in [0.1, 0.15) is 5.82 Å². The fourth-order valence-electron chi connectivity index (χ4n) is 2.38. The standard InChI is InChI=1S/C19H22FNO3/c1-5-24-17-12-13(6-11-16(17)23-4)18(22)21-19(2,3)14-7-9-15(20)10-8-14/h6-12H,5H2,1-4H3,(H,21,22). The van der Waals surface area contributed by atoms with Gasteiger partial charge in [0.05, 0.1) is 19.3 Å². The third-order valence-corrected chi connectivity index (χ3v) is 3.72. The van der Waals surface area contributed by atoms with Crippen LogP contribution in [0.4, 0.5) is 4.39 Å². The number of halogens is 1. The molecule has 4 nitrogen and oxygen atoms in total. The zero-order valence-corrected chi connectivity index (χ0v) is 14.4. The smallest absolute Gasteiger partial charge is 0.252 e. The van der Waals surface area contributed by atoms with Gasteiger partial charge in [-0.3, -0.25) is 4.79 Å².